The van der Waals surface area contributed by atoms with Crippen LogP contribution in [-0.4, -0.2) is 90.0 Å². The summed E-state index contributed by atoms with van der Waals surface area (Å²) in [5.74, 6) is 8.55. The zero-order chi connectivity index (χ0) is 49.5. The van der Waals surface area contributed by atoms with Crippen molar-refractivity contribution in [2.75, 3.05) is 25.6 Å². The molecule has 0 aromatic heterocycles. The predicted molar refractivity (Wildman–Crippen MR) is 281 cm³/mol. The van der Waals surface area contributed by atoms with Crippen molar-refractivity contribution in [3.05, 3.63) is 22.3 Å². The van der Waals surface area contributed by atoms with Crippen LogP contribution in [0.5, 0.6) is 0 Å². The molecule has 4 saturated heterocycles. The Hall–Kier alpha value is -0.860. The second-order valence-corrected chi connectivity index (χ2v) is 31.6. The molecular formula is C58H96N4O6S2. The molecule has 10 nitrogen and oxygen atoms in total. The molecule has 4 aliphatic heterocycles. The fraction of sp³-hybridized carbons (Fsp3) is 0.931. The van der Waals surface area contributed by atoms with E-state index in [-0.39, 0.29) is 23.3 Å². The number of ether oxygens (including phenoxy) is 2. The van der Waals surface area contributed by atoms with E-state index in [4.69, 9.17) is 9.47 Å². The summed E-state index contributed by atoms with van der Waals surface area (Å²) in [5, 5.41) is 7.71. The van der Waals surface area contributed by atoms with Crippen LogP contribution in [0.3, 0.4) is 0 Å². The Labute approximate surface area is 425 Å². The fourth-order valence-corrected chi connectivity index (χ4v) is 22.1. The smallest absolute Gasteiger partial charge is 0.208 e. The van der Waals surface area contributed by atoms with Gasteiger partial charge in [0.1, 0.15) is 0 Å². The van der Waals surface area contributed by atoms with Gasteiger partial charge >= 0.3 is 0 Å². The number of allylic oxidation sites excluding steroid dienone is 2. The molecule has 0 radical (unpaired) electrons. The first-order valence-corrected chi connectivity index (χ1v) is 32.9. The molecule has 0 unspecified atom stereocenters. The molecule has 0 bridgehead atoms. The Bertz CT molecular complexity index is 2150. The SMILES string of the molecule is CC1=C2C[C@H]3[C@@H](CC[C@@H]4C[C@@H](NS(C)(=O)=O)CC[C@@]43C)[C@@H]2CC[C@@]2(C1)O[C@@H]1C[C@H](C)CN[C@H]1[C@H]2C.CC1=C2C[C@H]3[C@@H](CC[C@@H]4C[C@H](NS(C)(=O)=O)CC[C@@]43C)[C@@H]2CC[C@@]2(C1)O[C@@H]1C[C@H](C)CN[C@H]1[C@H]2C. The molecule has 4 N–H and O–H groups in total. The third-order valence-corrected chi connectivity index (χ3v) is 25.5. The van der Waals surface area contributed by atoms with Crippen LogP contribution in [0.25, 0.3) is 0 Å². The minimum Gasteiger partial charge on any atom is -0.369 e. The van der Waals surface area contributed by atoms with Gasteiger partial charge in [0.2, 0.25) is 20.0 Å². The standard InChI is InChI=1S/2C29H48N2O3S/c2*1-17-12-26-27(30-16-17)19(3)29(34-26)11-9-22-23-7-6-20-13-21(31-35(5,32)33)8-10-28(20,4)25(23)14-24(22)18(2)15-29/h2*17,19-23,25-27,30-31H,6-16H2,1-5H3/t17-,19+,20+,21+,22-,23-,25-,26+,27-,28-,29-;17-,19+,20+,21-,22-,23-,25-,26+,27-,28-,29-/m00/s1. The molecule has 12 heteroatoms. The van der Waals surface area contributed by atoms with Crippen LogP contribution < -0.4 is 20.1 Å². The number of sulfonamides is 2. The summed E-state index contributed by atoms with van der Waals surface area (Å²) < 4.78 is 67.4. The van der Waals surface area contributed by atoms with Crippen LogP contribution in [0.1, 0.15) is 184 Å². The van der Waals surface area contributed by atoms with E-state index in [2.05, 4.69) is 75.5 Å². The Kier molecular flexibility index (Phi) is 13.5. The van der Waals surface area contributed by atoms with Gasteiger partial charge in [0.25, 0.3) is 0 Å². The van der Waals surface area contributed by atoms with Crippen molar-refractivity contribution < 1.29 is 26.3 Å². The summed E-state index contributed by atoms with van der Waals surface area (Å²) in [5.41, 5.74) is 7.66. The van der Waals surface area contributed by atoms with Gasteiger partial charge < -0.3 is 20.1 Å². The molecule has 8 aliphatic carbocycles. The highest BCUT2D eigenvalue weighted by Gasteiger charge is 2.62. The van der Waals surface area contributed by atoms with Crippen LogP contribution in [-0.2, 0) is 29.5 Å². The van der Waals surface area contributed by atoms with E-state index in [1.165, 1.54) is 102 Å². The fourth-order valence-electron chi connectivity index (χ4n) is 20.5. The quantitative estimate of drug-likeness (QED) is 0.205. The van der Waals surface area contributed by atoms with Gasteiger partial charge in [0, 0.05) is 36.0 Å². The monoisotopic (exact) mass is 1010 g/mol. The number of hydrogen-bond donors (Lipinski definition) is 4. The lowest BCUT2D eigenvalue weighted by Crippen LogP contribution is -2.50. The number of hydrogen-bond acceptors (Lipinski definition) is 8. The average molecular weight is 1010 g/mol. The van der Waals surface area contributed by atoms with Crippen molar-refractivity contribution in [1.29, 1.82) is 0 Å². The average Bonchev–Trinajstić information content (AvgIpc) is 3.95. The van der Waals surface area contributed by atoms with Gasteiger partial charge in [0.15, 0.2) is 0 Å². The Morgan fingerprint density at radius 2 is 0.943 bits per heavy atom. The molecule has 12 aliphatic rings. The summed E-state index contributed by atoms with van der Waals surface area (Å²) >= 11 is 0. The highest BCUT2D eigenvalue weighted by Crippen LogP contribution is 2.67. The largest absolute Gasteiger partial charge is 0.369 e. The van der Waals surface area contributed by atoms with Gasteiger partial charge in [-0.05, 0) is 225 Å². The maximum absolute atomic E-state index is 11.9. The van der Waals surface area contributed by atoms with Gasteiger partial charge in [0.05, 0.1) is 35.9 Å². The molecule has 0 aromatic rings. The maximum Gasteiger partial charge on any atom is 0.208 e. The summed E-state index contributed by atoms with van der Waals surface area (Å²) in [6.45, 7) is 21.9. The van der Waals surface area contributed by atoms with Crippen LogP contribution in [0.2, 0.25) is 0 Å². The Morgan fingerprint density at radius 1 is 0.543 bits per heavy atom. The van der Waals surface area contributed by atoms with E-state index < -0.39 is 20.0 Å². The Balaban J connectivity index is 0.000000152. The van der Waals surface area contributed by atoms with Gasteiger partial charge in [-0.2, -0.15) is 0 Å². The van der Waals surface area contributed by atoms with Crippen molar-refractivity contribution in [2.24, 2.45) is 81.8 Å². The maximum atomic E-state index is 11.9. The first-order valence-electron chi connectivity index (χ1n) is 29.1. The summed E-state index contributed by atoms with van der Waals surface area (Å²) in [6.07, 6.45) is 27.2. The number of fused-ring (bicyclic) bond motifs is 12. The van der Waals surface area contributed by atoms with Crippen molar-refractivity contribution >= 4 is 20.0 Å². The molecule has 70 heavy (non-hydrogen) atoms. The van der Waals surface area contributed by atoms with Crippen LogP contribution in [0.4, 0.5) is 0 Å². The van der Waals surface area contributed by atoms with E-state index in [0.717, 1.165) is 87.1 Å². The summed E-state index contributed by atoms with van der Waals surface area (Å²) in [6, 6.07) is 1.32. The summed E-state index contributed by atoms with van der Waals surface area (Å²) in [7, 11) is -6.26. The first kappa shape index (κ1) is 51.3. The van der Waals surface area contributed by atoms with E-state index in [1.54, 1.807) is 22.3 Å². The van der Waals surface area contributed by atoms with Crippen LogP contribution in [0.15, 0.2) is 22.3 Å². The van der Waals surface area contributed by atoms with Gasteiger partial charge in [-0.1, -0.05) is 63.8 Å². The van der Waals surface area contributed by atoms with Gasteiger partial charge in [-0.25, -0.2) is 26.3 Å². The Morgan fingerprint density at radius 3 is 1.33 bits per heavy atom. The molecule has 10 fully saturated rings. The summed E-state index contributed by atoms with van der Waals surface area (Å²) in [4.78, 5) is 0. The van der Waals surface area contributed by atoms with Crippen LogP contribution >= 0.6 is 0 Å². The lowest BCUT2D eigenvalue weighted by molar-refractivity contribution is -0.0748. The zero-order valence-electron chi connectivity index (χ0n) is 45.2. The molecule has 2 spiro atoms. The minimum absolute atomic E-state index is 0.0276. The first-order chi connectivity index (χ1) is 33.0. The molecule has 4 heterocycles. The highest BCUT2D eigenvalue weighted by atomic mass is 32.2. The third kappa shape index (κ3) is 8.95. The molecule has 22 atom stereocenters. The van der Waals surface area contributed by atoms with Crippen molar-refractivity contribution in [3.63, 3.8) is 0 Å². The molecule has 12 rings (SSSR count). The number of piperidine rings is 2. The van der Waals surface area contributed by atoms with E-state index >= 15 is 0 Å². The molecule has 0 aromatic carbocycles. The van der Waals surface area contributed by atoms with Gasteiger partial charge in [-0.15, -0.1) is 0 Å². The molecule has 0 amide bonds. The molecule has 396 valence electrons. The number of rotatable bonds is 4. The normalized spacial score (nSPS) is 52.0. The molecule has 6 saturated carbocycles. The third-order valence-electron chi connectivity index (χ3n) is 24.0. The lowest BCUT2D eigenvalue weighted by Gasteiger charge is -2.54. The highest BCUT2D eigenvalue weighted by molar-refractivity contribution is 7.89. The lowest BCUT2D eigenvalue weighted by atomic mass is 9.52. The number of nitrogens with one attached hydrogen (secondary N) is 4. The van der Waals surface area contributed by atoms with Gasteiger partial charge in [-0.3, -0.25) is 0 Å². The van der Waals surface area contributed by atoms with Crippen molar-refractivity contribution in [2.45, 2.75) is 231 Å². The second kappa shape index (κ2) is 18.4. The minimum atomic E-state index is -3.13. The van der Waals surface area contributed by atoms with Crippen LogP contribution in [0, 0.1) is 81.8 Å². The second-order valence-electron chi connectivity index (χ2n) is 28.1. The van der Waals surface area contributed by atoms with E-state index in [9.17, 15) is 16.8 Å². The molecular weight excluding hydrogens is 913 g/mol. The zero-order valence-corrected chi connectivity index (χ0v) is 46.8. The van der Waals surface area contributed by atoms with E-state index in [1.807, 2.05) is 0 Å². The van der Waals surface area contributed by atoms with Crippen molar-refractivity contribution in [3.8, 4) is 0 Å². The van der Waals surface area contributed by atoms with E-state index in [0.29, 0.717) is 70.6 Å². The predicted octanol–water partition coefficient (Wildman–Crippen LogP) is 10.1. The topological polar surface area (TPSA) is 135 Å². The van der Waals surface area contributed by atoms with Crippen molar-refractivity contribution in [1.82, 2.24) is 20.1 Å².